The first-order valence-electron chi connectivity index (χ1n) is 5.64. The van der Waals surface area contributed by atoms with Crippen LogP contribution in [0.15, 0.2) is 36.9 Å². The van der Waals surface area contributed by atoms with Crippen LogP contribution in [0.3, 0.4) is 0 Å². The molecule has 2 rings (SSSR count). The van der Waals surface area contributed by atoms with Crippen molar-refractivity contribution in [1.29, 1.82) is 0 Å². The summed E-state index contributed by atoms with van der Waals surface area (Å²) in [5.41, 5.74) is 1.38. The molecule has 86 valence electrons. The van der Waals surface area contributed by atoms with Gasteiger partial charge in [-0.3, -0.25) is 4.90 Å². The van der Waals surface area contributed by atoms with Crippen molar-refractivity contribution in [3.63, 3.8) is 0 Å². The predicted molar refractivity (Wildman–Crippen MR) is 76.5 cm³/mol. The Morgan fingerprint density at radius 1 is 1.31 bits per heavy atom. The zero-order chi connectivity index (χ0) is 11.4. The van der Waals surface area contributed by atoms with Crippen molar-refractivity contribution in [2.45, 2.75) is 6.04 Å². The number of nitrogens with one attached hydrogen (secondary N) is 1. The van der Waals surface area contributed by atoms with Gasteiger partial charge >= 0.3 is 0 Å². The van der Waals surface area contributed by atoms with Gasteiger partial charge < -0.3 is 5.32 Å². The van der Waals surface area contributed by atoms with Gasteiger partial charge in [-0.05, 0) is 34.2 Å². The van der Waals surface area contributed by atoms with Crippen molar-refractivity contribution in [2.75, 3.05) is 26.2 Å². The minimum atomic E-state index is 0.357. The molecule has 16 heavy (non-hydrogen) atoms. The Balaban J connectivity index is 2.21. The molecule has 0 aromatic heterocycles. The third-order valence-corrected chi connectivity index (χ3v) is 3.97. The summed E-state index contributed by atoms with van der Waals surface area (Å²) in [6.45, 7) is 8.34. The fourth-order valence-electron chi connectivity index (χ4n) is 2.15. The van der Waals surface area contributed by atoms with E-state index >= 15 is 0 Å². The number of benzene rings is 1. The minimum Gasteiger partial charge on any atom is -0.314 e. The van der Waals surface area contributed by atoms with E-state index in [1.54, 1.807) is 0 Å². The summed E-state index contributed by atoms with van der Waals surface area (Å²) in [7, 11) is 0. The van der Waals surface area contributed by atoms with Crippen LogP contribution in [0, 0.1) is 3.57 Å². The molecule has 0 unspecified atom stereocenters. The minimum absolute atomic E-state index is 0.357. The Kier molecular flexibility index (Phi) is 4.37. The van der Waals surface area contributed by atoms with E-state index in [9.17, 15) is 0 Å². The number of nitrogens with zero attached hydrogens (tertiary/aromatic N) is 1. The Morgan fingerprint density at radius 2 is 2.00 bits per heavy atom. The summed E-state index contributed by atoms with van der Waals surface area (Å²) in [6.07, 6.45) is 2.06. The van der Waals surface area contributed by atoms with Crippen LogP contribution in [-0.2, 0) is 0 Å². The molecular formula is C13H17IN2. The zero-order valence-corrected chi connectivity index (χ0v) is 11.5. The third-order valence-electron chi connectivity index (χ3n) is 2.99. The van der Waals surface area contributed by atoms with Gasteiger partial charge in [-0.25, -0.2) is 0 Å². The maximum absolute atomic E-state index is 3.99. The molecule has 1 N–H and O–H groups in total. The number of piperazine rings is 1. The molecule has 0 aliphatic carbocycles. The monoisotopic (exact) mass is 328 g/mol. The van der Waals surface area contributed by atoms with Crippen LogP contribution in [0.5, 0.6) is 0 Å². The summed E-state index contributed by atoms with van der Waals surface area (Å²) in [5.74, 6) is 0. The SMILES string of the molecule is C=C[C@@H](c1ccccc1I)N1CCNCC1. The molecule has 1 fully saturated rings. The molecular weight excluding hydrogens is 311 g/mol. The second kappa shape index (κ2) is 5.80. The summed E-state index contributed by atoms with van der Waals surface area (Å²) in [5, 5.41) is 3.38. The van der Waals surface area contributed by atoms with E-state index in [-0.39, 0.29) is 0 Å². The molecule has 0 saturated carbocycles. The standard InChI is InChI=1S/C13H17IN2/c1-2-13(16-9-7-15-8-10-16)11-5-3-4-6-12(11)14/h2-6,13,15H,1,7-10H2/t13-/m0/s1. The van der Waals surface area contributed by atoms with Gasteiger partial charge in [-0.15, -0.1) is 6.58 Å². The first-order valence-corrected chi connectivity index (χ1v) is 6.72. The quantitative estimate of drug-likeness (QED) is 0.677. The molecule has 1 saturated heterocycles. The van der Waals surface area contributed by atoms with Crippen LogP contribution in [0.1, 0.15) is 11.6 Å². The highest BCUT2D eigenvalue weighted by atomic mass is 127. The van der Waals surface area contributed by atoms with E-state index < -0.39 is 0 Å². The molecule has 0 amide bonds. The molecule has 2 nitrogen and oxygen atoms in total. The van der Waals surface area contributed by atoms with Crippen LogP contribution in [0.2, 0.25) is 0 Å². The maximum atomic E-state index is 3.99. The number of rotatable bonds is 3. The Morgan fingerprint density at radius 3 is 2.62 bits per heavy atom. The Labute approximate surface area is 111 Å². The van der Waals surface area contributed by atoms with Gasteiger partial charge in [0.2, 0.25) is 0 Å². The molecule has 1 aromatic carbocycles. The third kappa shape index (κ3) is 2.64. The van der Waals surface area contributed by atoms with Crippen molar-refractivity contribution in [2.24, 2.45) is 0 Å². The normalized spacial score (nSPS) is 19.3. The number of hydrogen-bond donors (Lipinski definition) is 1. The lowest BCUT2D eigenvalue weighted by atomic mass is 10.0. The molecule has 1 atom stereocenters. The lowest BCUT2D eigenvalue weighted by molar-refractivity contribution is 0.203. The molecule has 1 aromatic rings. The molecule has 1 aliphatic heterocycles. The van der Waals surface area contributed by atoms with E-state index in [4.69, 9.17) is 0 Å². The average molecular weight is 328 g/mol. The van der Waals surface area contributed by atoms with E-state index in [1.807, 2.05) is 0 Å². The molecule has 1 aliphatic rings. The summed E-state index contributed by atoms with van der Waals surface area (Å²) in [6, 6.07) is 8.92. The van der Waals surface area contributed by atoms with Crippen molar-refractivity contribution >= 4 is 22.6 Å². The van der Waals surface area contributed by atoms with Gasteiger partial charge in [0.25, 0.3) is 0 Å². The Bertz CT molecular complexity index is 359. The topological polar surface area (TPSA) is 15.3 Å². The van der Waals surface area contributed by atoms with E-state index in [2.05, 4.69) is 69.7 Å². The van der Waals surface area contributed by atoms with E-state index in [0.717, 1.165) is 26.2 Å². The van der Waals surface area contributed by atoms with E-state index in [1.165, 1.54) is 9.13 Å². The van der Waals surface area contributed by atoms with Crippen molar-refractivity contribution < 1.29 is 0 Å². The summed E-state index contributed by atoms with van der Waals surface area (Å²) in [4.78, 5) is 2.49. The van der Waals surface area contributed by atoms with Crippen molar-refractivity contribution in [3.05, 3.63) is 46.1 Å². The average Bonchev–Trinajstić information content (AvgIpc) is 2.34. The predicted octanol–water partition coefficient (Wildman–Crippen LogP) is 2.42. The highest BCUT2D eigenvalue weighted by Gasteiger charge is 2.20. The van der Waals surface area contributed by atoms with Crippen LogP contribution < -0.4 is 5.32 Å². The van der Waals surface area contributed by atoms with Gasteiger partial charge in [-0.1, -0.05) is 24.3 Å². The molecule has 0 radical (unpaired) electrons. The van der Waals surface area contributed by atoms with Gasteiger partial charge in [-0.2, -0.15) is 0 Å². The fraction of sp³-hybridized carbons (Fsp3) is 0.385. The van der Waals surface area contributed by atoms with Crippen LogP contribution in [0.25, 0.3) is 0 Å². The van der Waals surface area contributed by atoms with Crippen molar-refractivity contribution in [1.82, 2.24) is 10.2 Å². The lowest BCUT2D eigenvalue weighted by Crippen LogP contribution is -2.44. The molecule has 0 bridgehead atoms. The lowest BCUT2D eigenvalue weighted by Gasteiger charge is -2.33. The van der Waals surface area contributed by atoms with Gasteiger partial charge in [0.1, 0.15) is 0 Å². The summed E-state index contributed by atoms with van der Waals surface area (Å²) >= 11 is 2.40. The fourth-order valence-corrected chi connectivity index (χ4v) is 2.85. The molecule has 3 heteroatoms. The van der Waals surface area contributed by atoms with E-state index in [0.29, 0.717) is 6.04 Å². The second-order valence-corrected chi connectivity index (χ2v) is 5.15. The smallest absolute Gasteiger partial charge is 0.0540 e. The van der Waals surface area contributed by atoms with Crippen LogP contribution >= 0.6 is 22.6 Å². The first-order chi connectivity index (χ1) is 7.83. The highest BCUT2D eigenvalue weighted by Crippen LogP contribution is 2.26. The number of halogens is 1. The summed E-state index contributed by atoms with van der Waals surface area (Å²) < 4.78 is 1.32. The highest BCUT2D eigenvalue weighted by molar-refractivity contribution is 14.1. The maximum Gasteiger partial charge on any atom is 0.0540 e. The molecule has 0 spiro atoms. The zero-order valence-electron chi connectivity index (χ0n) is 9.32. The Hall–Kier alpha value is -0.390. The van der Waals surface area contributed by atoms with Gasteiger partial charge in [0.05, 0.1) is 6.04 Å². The van der Waals surface area contributed by atoms with Crippen molar-refractivity contribution in [3.8, 4) is 0 Å². The molecule has 1 heterocycles. The van der Waals surface area contributed by atoms with Gasteiger partial charge in [0, 0.05) is 29.7 Å². The van der Waals surface area contributed by atoms with Crippen LogP contribution in [-0.4, -0.2) is 31.1 Å². The second-order valence-electron chi connectivity index (χ2n) is 3.99. The first kappa shape index (κ1) is 12.1. The van der Waals surface area contributed by atoms with Crippen LogP contribution in [0.4, 0.5) is 0 Å². The van der Waals surface area contributed by atoms with Gasteiger partial charge in [0.15, 0.2) is 0 Å². The largest absolute Gasteiger partial charge is 0.314 e. The number of hydrogen-bond acceptors (Lipinski definition) is 2.